The predicted molar refractivity (Wildman–Crippen MR) is 125 cm³/mol. The van der Waals surface area contributed by atoms with Gasteiger partial charge in [-0.2, -0.15) is 4.98 Å². The van der Waals surface area contributed by atoms with Gasteiger partial charge >= 0.3 is 0 Å². The van der Waals surface area contributed by atoms with Crippen molar-refractivity contribution in [1.82, 2.24) is 10.1 Å². The van der Waals surface area contributed by atoms with Crippen LogP contribution in [-0.2, 0) is 17.6 Å². The minimum atomic E-state index is -0.118. The number of carbonyl (C=O) groups is 1. The Balaban J connectivity index is 1.35. The van der Waals surface area contributed by atoms with E-state index in [4.69, 9.17) is 14.0 Å². The Bertz CT molecular complexity index is 1160. The highest BCUT2D eigenvalue weighted by Crippen LogP contribution is 2.37. The monoisotopic (exact) mass is 447 g/mol. The first-order valence-electron chi connectivity index (χ1n) is 11.7. The number of amides is 1. The molecule has 33 heavy (non-hydrogen) atoms. The van der Waals surface area contributed by atoms with E-state index in [1.165, 1.54) is 24.0 Å². The van der Waals surface area contributed by atoms with Crippen LogP contribution in [0.1, 0.15) is 55.5 Å². The van der Waals surface area contributed by atoms with Gasteiger partial charge in [0.2, 0.25) is 17.6 Å². The number of methoxy groups -OCH3 is 1. The molecule has 0 N–H and O–H groups in total. The summed E-state index contributed by atoms with van der Waals surface area (Å²) in [6.45, 7) is 3.24. The van der Waals surface area contributed by atoms with E-state index in [1.807, 2.05) is 23.1 Å². The molecule has 1 unspecified atom stereocenters. The second-order valence-corrected chi connectivity index (χ2v) is 8.70. The molecule has 1 atom stereocenters. The lowest BCUT2D eigenvalue weighted by atomic mass is 9.90. The van der Waals surface area contributed by atoms with E-state index in [-0.39, 0.29) is 11.8 Å². The molecular weight excluding hydrogens is 418 g/mol. The predicted octanol–water partition coefficient (Wildman–Crippen LogP) is 4.93. The lowest BCUT2D eigenvalue weighted by Gasteiger charge is -2.25. The molecule has 1 aliphatic carbocycles. The number of benzene rings is 2. The summed E-state index contributed by atoms with van der Waals surface area (Å²) in [6.07, 6.45) is 5.81. The Hall–Kier alpha value is -3.35. The molecule has 0 spiro atoms. The first-order chi connectivity index (χ1) is 16.2. The molecule has 7 heteroatoms. The number of hydrogen-bond donors (Lipinski definition) is 0. The van der Waals surface area contributed by atoms with Crippen molar-refractivity contribution in [2.45, 2.75) is 51.4 Å². The van der Waals surface area contributed by atoms with Crippen LogP contribution in [0.3, 0.4) is 0 Å². The van der Waals surface area contributed by atoms with Gasteiger partial charge in [0.05, 0.1) is 19.6 Å². The lowest BCUT2D eigenvalue weighted by molar-refractivity contribution is -0.117. The minimum Gasteiger partial charge on any atom is -0.493 e. The summed E-state index contributed by atoms with van der Waals surface area (Å²) in [5, 5.41) is 4.18. The summed E-state index contributed by atoms with van der Waals surface area (Å²) in [4.78, 5) is 19.5. The Morgan fingerprint density at radius 2 is 2.03 bits per heavy atom. The van der Waals surface area contributed by atoms with Crippen LogP contribution in [0.2, 0.25) is 0 Å². The van der Waals surface area contributed by atoms with Crippen molar-refractivity contribution in [1.29, 1.82) is 0 Å². The van der Waals surface area contributed by atoms with Gasteiger partial charge in [-0.05, 0) is 67.5 Å². The van der Waals surface area contributed by atoms with Gasteiger partial charge in [0.15, 0.2) is 11.5 Å². The minimum absolute atomic E-state index is 0.109. The van der Waals surface area contributed by atoms with Gasteiger partial charge in [-0.25, -0.2) is 0 Å². The zero-order valence-electron chi connectivity index (χ0n) is 19.2. The zero-order valence-corrected chi connectivity index (χ0v) is 19.2. The smallest absolute Gasteiger partial charge is 0.232 e. The molecule has 7 nitrogen and oxygen atoms in total. The van der Waals surface area contributed by atoms with Gasteiger partial charge in [-0.15, -0.1) is 0 Å². The molecule has 172 valence electrons. The van der Waals surface area contributed by atoms with Crippen molar-refractivity contribution < 1.29 is 18.8 Å². The van der Waals surface area contributed by atoms with E-state index in [0.29, 0.717) is 42.8 Å². The fourth-order valence-corrected chi connectivity index (χ4v) is 4.78. The average Bonchev–Trinajstić information content (AvgIpc) is 3.49. The van der Waals surface area contributed by atoms with Crippen LogP contribution in [0.15, 0.2) is 40.9 Å². The maximum absolute atomic E-state index is 12.9. The van der Waals surface area contributed by atoms with Gasteiger partial charge in [-0.3, -0.25) is 4.79 Å². The molecule has 3 aromatic rings. The van der Waals surface area contributed by atoms with Crippen molar-refractivity contribution in [3.63, 3.8) is 0 Å². The molecule has 2 aliphatic rings. The zero-order chi connectivity index (χ0) is 22.8. The molecule has 1 fully saturated rings. The quantitative estimate of drug-likeness (QED) is 0.511. The molecule has 2 aromatic carbocycles. The van der Waals surface area contributed by atoms with E-state index in [9.17, 15) is 4.79 Å². The second-order valence-electron chi connectivity index (χ2n) is 8.70. The standard InChI is InChI=1S/C26H29N3O4/c1-3-13-32-22-12-11-18(14-23(22)31-2)25-27-26(33-28-25)19-15-24(30)29(16-19)21-10-6-8-17-7-4-5-9-20(17)21/h6,8,10-12,14,19H,3-5,7,9,13,15-16H2,1-2H3. The number of hydrogen-bond acceptors (Lipinski definition) is 6. The van der Waals surface area contributed by atoms with Crippen LogP contribution in [0.4, 0.5) is 5.69 Å². The van der Waals surface area contributed by atoms with E-state index < -0.39 is 0 Å². The summed E-state index contributed by atoms with van der Waals surface area (Å²) in [6, 6.07) is 11.9. The molecule has 1 saturated heterocycles. The van der Waals surface area contributed by atoms with Crippen LogP contribution in [0.5, 0.6) is 11.5 Å². The number of anilines is 1. The van der Waals surface area contributed by atoms with Crippen LogP contribution < -0.4 is 14.4 Å². The third kappa shape index (κ3) is 4.19. The highest BCUT2D eigenvalue weighted by Gasteiger charge is 2.36. The number of rotatable bonds is 7. The third-order valence-corrected chi connectivity index (χ3v) is 6.46. The second kappa shape index (κ2) is 9.25. The average molecular weight is 448 g/mol. The fraction of sp³-hybridized carbons (Fsp3) is 0.423. The van der Waals surface area contributed by atoms with Gasteiger partial charge in [0, 0.05) is 24.2 Å². The van der Waals surface area contributed by atoms with Crippen molar-refractivity contribution in [3.05, 3.63) is 53.4 Å². The van der Waals surface area contributed by atoms with Gasteiger partial charge in [0.1, 0.15) is 0 Å². The summed E-state index contributed by atoms with van der Waals surface area (Å²) in [5.41, 5.74) is 4.52. The number of aromatic nitrogens is 2. The molecule has 1 aromatic heterocycles. The number of aryl methyl sites for hydroxylation is 1. The SMILES string of the molecule is CCCOc1ccc(-c2noc(C3CC(=O)N(c4cccc5c4CCCC5)C3)n2)cc1OC. The first kappa shape index (κ1) is 21.5. The Morgan fingerprint density at radius 3 is 2.88 bits per heavy atom. The van der Waals surface area contributed by atoms with Gasteiger partial charge in [0.25, 0.3) is 0 Å². The van der Waals surface area contributed by atoms with Gasteiger partial charge < -0.3 is 18.9 Å². The summed E-state index contributed by atoms with van der Waals surface area (Å²) < 4.78 is 16.8. The molecular formula is C26H29N3O4. The van der Waals surface area contributed by atoms with Crippen LogP contribution in [-0.4, -0.2) is 36.3 Å². The van der Waals surface area contributed by atoms with Crippen molar-refractivity contribution in [2.75, 3.05) is 25.2 Å². The summed E-state index contributed by atoms with van der Waals surface area (Å²) >= 11 is 0. The fourth-order valence-electron chi connectivity index (χ4n) is 4.78. The topological polar surface area (TPSA) is 77.7 Å². The molecule has 1 aliphatic heterocycles. The van der Waals surface area contributed by atoms with Crippen LogP contribution in [0.25, 0.3) is 11.4 Å². The normalized spacial score (nSPS) is 17.8. The molecule has 0 bridgehead atoms. The first-order valence-corrected chi connectivity index (χ1v) is 11.7. The number of carbonyl (C=O) groups excluding carboxylic acids is 1. The molecule has 2 heterocycles. The van der Waals surface area contributed by atoms with Crippen molar-refractivity contribution >= 4 is 11.6 Å². The Kier molecular flexibility index (Phi) is 6.03. The van der Waals surface area contributed by atoms with E-state index in [2.05, 4.69) is 35.3 Å². The molecule has 5 rings (SSSR count). The summed E-state index contributed by atoms with van der Waals surface area (Å²) in [7, 11) is 1.61. The van der Waals surface area contributed by atoms with Crippen LogP contribution >= 0.6 is 0 Å². The van der Waals surface area contributed by atoms with Crippen molar-refractivity contribution in [2.24, 2.45) is 0 Å². The molecule has 1 amide bonds. The lowest BCUT2D eigenvalue weighted by Crippen LogP contribution is -2.26. The number of ether oxygens (including phenoxy) is 2. The number of nitrogens with zero attached hydrogens (tertiary/aromatic N) is 3. The maximum atomic E-state index is 12.9. The summed E-state index contributed by atoms with van der Waals surface area (Å²) in [5.74, 6) is 2.28. The van der Waals surface area contributed by atoms with E-state index in [0.717, 1.165) is 30.5 Å². The van der Waals surface area contributed by atoms with E-state index >= 15 is 0 Å². The third-order valence-electron chi connectivity index (χ3n) is 6.46. The molecule has 0 saturated carbocycles. The van der Waals surface area contributed by atoms with Crippen molar-refractivity contribution in [3.8, 4) is 22.9 Å². The Labute approximate surface area is 193 Å². The van der Waals surface area contributed by atoms with E-state index in [1.54, 1.807) is 7.11 Å². The van der Waals surface area contributed by atoms with Crippen LogP contribution in [0, 0.1) is 0 Å². The molecule has 0 radical (unpaired) electrons. The highest BCUT2D eigenvalue weighted by atomic mass is 16.5. The highest BCUT2D eigenvalue weighted by molar-refractivity contribution is 5.97. The van der Waals surface area contributed by atoms with Gasteiger partial charge in [-0.1, -0.05) is 24.2 Å². The Morgan fingerprint density at radius 1 is 1.15 bits per heavy atom. The maximum Gasteiger partial charge on any atom is 0.232 e. The number of fused-ring (bicyclic) bond motifs is 1. The largest absolute Gasteiger partial charge is 0.493 e.